The molecule has 1 amide bonds. The largest absolute Gasteiger partial charge is 0.393 e. The molecule has 0 aromatic carbocycles. The van der Waals surface area contributed by atoms with Crippen molar-refractivity contribution < 1.29 is 18.0 Å². The average Bonchev–Trinajstić information content (AvgIpc) is 3.00. The number of nitrogens with one attached hydrogen (secondary N) is 2. The fourth-order valence-corrected chi connectivity index (χ4v) is 2.82. The van der Waals surface area contributed by atoms with Crippen molar-refractivity contribution in [2.24, 2.45) is 11.8 Å². The lowest BCUT2D eigenvalue weighted by atomic mass is 9.94. The second kappa shape index (κ2) is 6.14. The smallest absolute Gasteiger partial charge is 0.352 e. The lowest BCUT2D eigenvalue weighted by molar-refractivity contribution is -0.183. The lowest BCUT2D eigenvalue weighted by Gasteiger charge is -2.31. The predicted octanol–water partition coefficient (Wildman–Crippen LogP) is 2.24. The van der Waals surface area contributed by atoms with E-state index in [9.17, 15) is 18.0 Å². The van der Waals surface area contributed by atoms with Gasteiger partial charge < -0.3 is 5.32 Å². The molecule has 5 nitrogen and oxygen atoms in total. The highest BCUT2D eigenvalue weighted by atomic mass is 19.4. The molecule has 0 saturated carbocycles. The summed E-state index contributed by atoms with van der Waals surface area (Å²) in [5, 5.41) is 9.18. The fourth-order valence-electron chi connectivity index (χ4n) is 2.82. The number of aromatic amines is 1. The molecule has 2 N–H and O–H groups in total. The molecule has 1 aromatic heterocycles. The molecule has 2 heterocycles. The minimum Gasteiger partial charge on any atom is -0.352 e. The summed E-state index contributed by atoms with van der Waals surface area (Å²) in [4.78, 5) is 14.0. The summed E-state index contributed by atoms with van der Waals surface area (Å²) in [5.41, 5.74) is 1.16. The molecule has 0 bridgehead atoms. The fraction of sp³-hybridized carbons (Fsp3) is 0.733. The van der Waals surface area contributed by atoms with Crippen molar-refractivity contribution in [3.63, 3.8) is 0 Å². The normalized spacial score (nSPS) is 23.3. The van der Waals surface area contributed by atoms with Gasteiger partial charge in [-0.25, -0.2) is 0 Å². The van der Waals surface area contributed by atoms with Crippen LogP contribution in [0, 0.1) is 18.8 Å². The highest BCUT2D eigenvalue weighted by molar-refractivity contribution is 5.79. The van der Waals surface area contributed by atoms with Crippen LogP contribution in [0.2, 0.25) is 0 Å². The monoisotopic (exact) mass is 332 g/mol. The molecule has 0 radical (unpaired) electrons. The Balaban J connectivity index is 2.08. The Hall–Kier alpha value is -1.57. The van der Waals surface area contributed by atoms with Crippen molar-refractivity contribution in [3.8, 4) is 0 Å². The average molecular weight is 332 g/mol. The van der Waals surface area contributed by atoms with Gasteiger partial charge in [0.05, 0.1) is 18.0 Å². The summed E-state index contributed by atoms with van der Waals surface area (Å²) < 4.78 is 39.9. The van der Waals surface area contributed by atoms with E-state index >= 15 is 0 Å². The van der Waals surface area contributed by atoms with Crippen molar-refractivity contribution in [1.82, 2.24) is 20.4 Å². The van der Waals surface area contributed by atoms with Gasteiger partial charge in [0.15, 0.2) is 0 Å². The second-order valence-electron chi connectivity index (χ2n) is 7.07. The van der Waals surface area contributed by atoms with E-state index in [-0.39, 0.29) is 19.6 Å². The third-order valence-corrected chi connectivity index (χ3v) is 4.41. The predicted molar refractivity (Wildman–Crippen MR) is 79.5 cm³/mol. The molecule has 0 unspecified atom stereocenters. The van der Waals surface area contributed by atoms with E-state index in [0.29, 0.717) is 0 Å². The molecule has 1 aliphatic rings. The van der Waals surface area contributed by atoms with Gasteiger partial charge in [-0.2, -0.15) is 18.3 Å². The van der Waals surface area contributed by atoms with Crippen LogP contribution in [0.25, 0.3) is 0 Å². The standard InChI is InChI=1S/C15H23F3N4O/c1-9-10(6-20-21-9)5-19-13(23)11-7-22(14(2,3)4)8-12(11)15(16,17)18/h6,11-12H,5,7-8H2,1-4H3,(H,19,23)(H,20,21)/t11-,12-/m1/s1. The number of halogens is 3. The zero-order valence-corrected chi connectivity index (χ0v) is 13.8. The Bertz CT molecular complexity index is 562. The van der Waals surface area contributed by atoms with Gasteiger partial charge in [0.1, 0.15) is 0 Å². The number of rotatable bonds is 3. The van der Waals surface area contributed by atoms with Crippen LogP contribution in [0.3, 0.4) is 0 Å². The molecule has 130 valence electrons. The highest BCUT2D eigenvalue weighted by Gasteiger charge is 2.53. The summed E-state index contributed by atoms with van der Waals surface area (Å²) in [6, 6.07) is 0. The van der Waals surface area contributed by atoms with E-state index in [2.05, 4.69) is 15.5 Å². The number of H-pyrrole nitrogens is 1. The number of aromatic nitrogens is 2. The molecule has 23 heavy (non-hydrogen) atoms. The number of nitrogens with zero attached hydrogens (tertiary/aromatic N) is 2. The van der Waals surface area contributed by atoms with E-state index in [0.717, 1.165) is 11.3 Å². The Morgan fingerprint density at radius 3 is 2.52 bits per heavy atom. The van der Waals surface area contributed by atoms with Crippen LogP contribution in [-0.4, -0.2) is 45.8 Å². The van der Waals surface area contributed by atoms with Crippen LogP contribution < -0.4 is 5.32 Å². The van der Waals surface area contributed by atoms with Gasteiger partial charge in [0.2, 0.25) is 5.91 Å². The second-order valence-corrected chi connectivity index (χ2v) is 7.07. The van der Waals surface area contributed by atoms with Crippen molar-refractivity contribution in [1.29, 1.82) is 0 Å². The van der Waals surface area contributed by atoms with Crippen LogP contribution in [0.1, 0.15) is 32.0 Å². The maximum absolute atomic E-state index is 13.3. The third-order valence-electron chi connectivity index (χ3n) is 4.41. The van der Waals surface area contributed by atoms with E-state index < -0.39 is 29.5 Å². The molecule has 1 aromatic rings. The SMILES string of the molecule is Cc1[nH]ncc1CNC(=O)[C@@H]1CN(C(C)(C)C)C[C@H]1C(F)(F)F. The van der Waals surface area contributed by atoms with Gasteiger partial charge >= 0.3 is 6.18 Å². The topological polar surface area (TPSA) is 61.0 Å². The van der Waals surface area contributed by atoms with Crippen LogP contribution in [0.15, 0.2) is 6.20 Å². The molecule has 2 atom stereocenters. The molecule has 1 saturated heterocycles. The first-order chi connectivity index (χ1) is 10.5. The van der Waals surface area contributed by atoms with E-state index in [1.807, 2.05) is 20.8 Å². The van der Waals surface area contributed by atoms with E-state index in [1.165, 1.54) is 0 Å². The number of amides is 1. The Morgan fingerprint density at radius 1 is 1.39 bits per heavy atom. The first-order valence-electron chi connectivity index (χ1n) is 7.58. The van der Waals surface area contributed by atoms with Gasteiger partial charge in [-0.15, -0.1) is 0 Å². The molecule has 8 heteroatoms. The van der Waals surface area contributed by atoms with E-state index in [4.69, 9.17) is 0 Å². The molecular formula is C15H23F3N4O. The van der Waals surface area contributed by atoms with Gasteiger partial charge in [0.25, 0.3) is 0 Å². The van der Waals surface area contributed by atoms with Gasteiger partial charge in [-0.1, -0.05) is 0 Å². The first-order valence-corrected chi connectivity index (χ1v) is 7.58. The van der Waals surface area contributed by atoms with Gasteiger partial charge in [-0.05, 0) is 27.7 Å². The van der Waals surface area contributed by atoms with Gasteiger partial charge in [-0.3, -0.25) is 14.8 Å². The highest BCUT2D eigenvalue weighted by Crippen LogP contribution is 2.39. The summed E-state index contributed by atoms with van der Waals surface area (Å²) in [6.45, 7) is 7.52. The van der Waals surface area contributed by atoms with Crippen LogP contribution in [0.4, 0.5) is 13.2 Å². The van der Waals surface area contributed by atoms with Crippen molar-refractivity contribution in [3.05, 3.63) is 17.5 Å². The number of aryl methyl sites for hydroxylation is 1. The van der Waals surface area contributed by atoms with Crippen LogP contribution in [-0.2, 0) is 11.3 Å². The number of carbonyl (C=O) groups is 1. The summed E-state index contributed by atoms with van der Waals surface area (Å²) >= 11 is 0. The summed E-state index contributed by atoms with van der Waals surface area (Å²) in [5.74, 6) is -3.27. The molecular weight excluding hydrogens is 309 g/mol. The molecule has 1 aliphatic heterocycles. The number of alkyl halides is 3. The minimum absolute atomic E-state index is 0.115. The number of hydrogen-bond donors (Lipinski definition) is 2. The van der Waals surface area contributed by atoms with Crippen molar-refractivity contribution in [2.45, 2.75) is 46.0 Å². The minimum atomic E-state index is -4.38. The van der Waals surface area contributed by atoms with Crippen molar-refractivity contribution >= 4 is 5.91 Å². The van der Waals surface area contributed by atoms with Crippen LogP contribution in [0.5, 0.6) is 0 Å². The number of carbonyl (C=O) groups excluding carboxylic acids is 1. The quantitative estimate of drug-likeness (QED) is 0.892. The maximum Gasteiger partial charge on any atom is 0.393 e. The van der Waals surface area contributed by atoms with Gasteiger partial charge in [0, 0.05) is 36.4 Å². The van der Waals surface area contributed by atoms with Crippen molar-refractivity contribution in [2.75, 3.05) is 13.1 Å². The summed E-state index contributed by atoms with van der Waals surface area (Å²) in [7, 11) is 0. The maximum atomic E-state index is 13.3. The molecule has 1 fully saturated rings. The first kappa shape index (κ1) is 17.8. The lowest BCUT2D eigenvalue weighted by Crippen LogP contribution is -2.41. The molecule has 2 rings (SSSR count). The Morgan fingerprint density at radius 2 is 2.04 bits per heavy atom. The van der Waals surface area contributed by atoms with E-state index in [1.54, 1.807) is 18.0 Å². The molecule has 0 spiro atoms. The zero-order valence-electron chi connectivity index (χ0n) is 13.8. The number of hydrogen-bond acceptors (Lipinski definition) is 3. The Kier molecular flexibility index (Phi) is 4.75. The number of likely N-dealkylation sites (tertiary alicyclic amines) is 1. The zero-order chi connectivity index (χ0) is 17.4. The Labute approximate surface area is 133 Å². The third kappa shape index (κ3) is 4.04. The van der Waals surface area contributed by atoms with Crippen LogP contribution >= 0.6 is 0 Å². The summed E-state index contributed by atoms with van der Waals surface area (Å²) in [6.07, 6.45) is -2.82. The molecule has 0 aliphatic carbocycles.